The maximum absolute atomic E-state index is 13.5. The molecule has 2 aliphatic rings. The fourth-order valence-corrected chi connectivity index (χ4v) is 5.35. The molecule has 0 radical (unpaired) electrons. The van der Waals surface area contributed by atoms with Crippen LogP contribution in [0.1, 0.15) is 29.5 Å². The summed E-state index contributed by atoms with van der Waals surface area (Å²) < 4.78 is 23.6. The molecule has 1 aromatic heterocycles. The molecule has 2 N–H and O–H groups in total. The van der Waals surface area contributed by atoms with Gasteiger partial charge in [-0.2, -0.15) is 0 Å². The van der Waals surface area contributed by atoms with E-state index in [1.807, 2.05) is 18.2 Å². The molecule has 7 heteroatoms. The van der Waals surface area contributed by atoms with E-state index in [0.717, 1.165) is 16.8 Å². The van der Waals surface area contributed by atoms with Gasteiger partial charge in [0.05, 0.1) is 10.6 Å². The molecule has 1 amide bonds. The smallest absolute Gasteiger partial charge is 0.238 e. The normalized spacial score (nSPS) is 19.9. The summed E-state index contributed by atoms with van der Waals surface area (Å²) in [7, 11) is -3.82. The molecule has 2 aromatic carbocycles. The molecule has 3 aromatic rings. The number of pyridine rings is 1. The van der Waals surface area contributed by atoms with Crippen molar-refractivity contribution in [1.82, 2.24) is 4.98 Å². The Morgan fingerprint density at radius 2 is 1.94 bits per heavy atom. The quantitative estimate of drug-likeness (QED) is 0.686. The van der Waals surface area contributed by atoms with Crippen LogP contribution in [0.5, 0.6) is 0 Å². The number of amides is 1. The number of nitrogens with two attached hydrogens (primary N) is 1. The second kappa shape index (κ2) is 7.28. The van der Waals surface area contributed by atoms with Crippen LogP contribution in [0.15, 0.2) is 65.7 Å². The third kappa shape index (κ3) is 3.43. The van der Waals surface area contributed by atoms with Crippen molar-refractivity contribution in [2.45, 2.75) is 30.6 Å². The zero-order valence-electron chi connectivity index (χ0n) is 17.2. The van der Waals surface area contributed by atoms with E-state index < -0.39 is 10.0 Å². The van der Waals surface area contributed by atoms with Crippen LogP contribution in [-0.4, -0.2) is 25.9 Å². The molecule has 0 saturated heterocycles. The van der Waals surface area contributed by atoms with Gasteiger partial charge < -0.3 is 4.90 Å². The lowest BCUT2D eigenvalue weighted by atomic mass is 9.93. The third-order valence-corrected chi connectivity index (χ3v) is 7.41. The van der Waals surface area contributed by atoms with E-state index in [-0.39, 0.29) is 22.6 Å². The van der Waals surface area contributed by atoms with E-state index in [4.69, 9.17) is 5.14 Å². The molecule has 0 bridgehead atoms. The predicted octanol–water partition coefficient (Wildman–Crippen LogP) is 3.26. The highest BCUT2D eigenvalue weighted by Gasteiger charge is 2.39. The van der Waals surface area contributed by atoms with Gasteiger partial charge in [-0.25, -0.2) is 13.6 Å². The molecule has 0 spiro atoms. The Hall–Kier alpha value is -3.03. The number of fused-ring (bicyclic) bond motifs is 2. The molecular formula is C24H23N3O3S. The van der Waals surface area contributed by atoms with Gasteiger partial charge in [0.25, 0.3) is 0 Å². The minimum absolute atomic E-state index is 0.0356. The first-order valence-corrected chi connectivity index (χ1v) is 11.9. The lowest BCUT2D eigenvalue weighted by Crippen LogP contribution is -2.36. The summed E-state index contributed by atoms with van der Waals surface area (Å²) in [5.74, 6) is -0.0581. The molecule has 0 fully saturated rings. The van der Waals surface area contributed by atoms with Crippen LogP contribution in [0, 0.1) is 5.92 Å². The van der Waals surface area contributed by atoms with Gasteiger partial charge in [0.2, 0.25) is 15.9 Å². The first-order chi connectivity index (χ1) is 14.8. The van der Waals surface area contributed by atoms with E-state index in [1.54, 1.807) is 17.2 Å². The summed E-state index contributed by atoms with van der Waals surface area (Å²) in [5.41, 5.74) is 5.96. The van der Waals surface area contributed by atoms with E-state index in [2.05, 4.69) is 30.1 Å². The van der Waals surface area contributed by atoms with Crippen molar-refractivity contribution in [2.75, 3.05) is 11.4 Å². The fourth-order valence-electron chi connectivity index (χ4n) is 4.82. The summed E-state index contributed by atoms with van der Waals surface area (Å²) in [6.45, 7) is 2.65. The van der Waals surface area contributed by atoms with Gasteiger partial charge in [0, 0.05) is 29.9 Å². The number of sulfonamides is 1. The molecule has 2 atom stereocenters. The molecule has 5 rings (SSSR count). The SMILES string of the molecule is CC1c2ccc(-c3ccccn3)cc2CC1C(=O)N1CCc2ccc(S(N)(=O)=O)cc21. The standard InChI is InChI=1S/C24H23N3O3S/c1-15-20-8-6-17(22-4-2-3-10-26-22)12-18(20)13-21(15)24(28)27-11-9-16-5-7-19(14-23(16)27)31(25,29)30/h2-8,10,12,14-15,21H,9,11,13H2,1H3,(H2,25,29,30). The first-order valence-electron chi connectivity index (χ1n) is 10.3. The lowest BCUT2D eigenvalue weighted by Gasteiger charge is -2.24. The number of benzene rings is 2. The molecule has 2 heterocycles. The number of aromatic nitrogens is 1. The van der Waals surface area contributed by atoms with Crippen molar-refractivity contribution in [2.24, 2.45) is 11.1 Å². The third-order valence-electron chi connectivity index (χ3n) is 6.50. The first kappa shape index (κ1) is 19.9. The Bertz CT molecular complexity index is 1290. The highest BCUT2D eigenvalue weighted by Crippen LogP contribution is 2.42. The number of carbonyl (C=O) groups excluding carboxylic acids is 1. The van der Waals surface area contributed by atoms with Crippen molar-refractivity contribution in [3.8, 4) is 11.3 Å². The van der Waals surface area contributed by atoms with E-state index in [0.29, 0.717) is 25.1 Å². The van der Waals surface area contributed by atoms with Crippen LogP contribution in [0.4, 0.5) is 5.69 Å². The van der Waals surface area contributed by atoms with Crippen LogP contribution < -0.4 is 10.0 Å². The molecule has 158 valence electrons. The van der Waals surface area contributed by atoms with Crippen molar-refractivity contribution in [1.29, 1.82) is 0 Å². The second-order valence-electron chi connectivity index (χ2n) is 8.30. The van der Waals surface area contributed by atoms with Crippen LogP contribution in [0.25, 0.3) is 11.3 Å². The van der Waals surface area contributed by atoms with E-state index >= 15 is 0 Å². The zero-order valence-corrected chi connectivity index (χ0v) is 18.0. The van der Waals surface area contributed by atoms with Gasteiger partial charge in [-0.1, -0.05) is 31.2 Å². The average Bonchev–Trinajstić information content (AvgIpc) is 3.34. The molecule has 1 aliphatic heterocycles. The zero-order chi connectivity index (χ0) is 21.8. The van der Waals surface area contributed by atoms with Crippen molar-refractivity contribution in [3.05, 3.63) is 77.5 Å². The fraction of sp³-hybridized carbons (Fsp3) is 0.250. The summed E-state index contributed by atoms with van der Waals surface area (Å²) in [6, 6.07) is 16.9. The van der Waals surface area contributed by atoms with Gasteiger partial charge in [0.1, 0.15) is 0 Å². The predicted molar refractivity (Wildman–Crippen MR) is 119 cm³/mol. The molecule has 0 saturated carbocycles. The number of hydrogen-bond donors (Lipinski definition) is 1. The molecule has 1 aliphatic carbocycles. The van der Waals surface area contributed by atoms with Crippen molar-refractivity contribution < 1.29 is 13.2 Å². The lowest BCUT2D eigenvalue weighted by molar-refractivity contribution is -0.122. The molecule has 2 unspecified atom stereocenters. The highest BCUT2D eigenvalue weighted by molar-refractivity contribution is 7.89. The Balaban J connectivity index is 1.44. The summed E-state index contributed by atoms with van der Waals surface area (Å²) >= 11 is 0. The Morgan fingerprint density at radius 1 is 1.10 bits per heavy atom. The molecule has 6 nitrogen and oxygen atoms in total. The summed E-state index contributed by atoms with van der Waals surface area (Å²) in [4.78, 5) is 19.7. The van der Waals surface area contributed by atoms with E-state index in [1.165, 1.54) is 23.3 Å². The number of carbonyl (C=O) groups is 1. The maximum Gasteiger partial charge on any atom is 0.238 e. The number of primary sulfonamides is 1. The van der Waals surface area contributed by atoms with Gasteiger partial charge in [-0.15, -0.1) is 0 Å². The number of anilines is 1. The van der Waals surface area contributed by atoms with Crippen LogP contribution in [0.3, 0.4) is 0 Å². The summed E-state index contributed by atoms with van der Waals surface area (Å²) in [6.07, 6.45) is 3.15. The Kier molecular flexibility index (Phi) is 4.68. The van der Waals surface area contributed by atoms with E-state index in [9.17, 15) is 13.2 Å². The van der Waals surface area contributed by atoms with Gasteiger partial charge in [-0.3, -0.25) is 9.78 Å². The Morgan fingerprint density at radius 3 is 2.68 bits per heavy atom. The number of nitrogens with zero attached hydrogens (tertiary/aromatic N) is 2. The van der Waals surface area contributed by atoms with Gasteiger partial charge in [-0.05, 0) is 65.8 Å². The minimum atomic E-state index is -3.82. The monoisotopic (exact) mass is 433 g/mol. The number of rotatable bonds is 3. The van der Waals surface area contributed by atoms with Gasteiger partial charge in [0.15, 0.2) is 0 Å². The summed E-state index contributed by atoms with van der Waals surface area (Å²) in [5, 5.41) is 5.30. The maximum atomic E-state index is 13.5. The second-order valence-corrected chi connectivity index (χ2v) is 9.86. The minimum Gasteiger partial charge on any atom is -0.312 e. The molecule has 31 heavy (non-hydrogen) atoms. The average molecular weight is 434 g/mol. The van der Waals surface area contributed by atoms with Crippen LogP contribution in [-0.2, 0) is 27.7 Å². The number of hydrogen-bond acceptors (Lipinski definition) is 4. The topological polar surface area (TPSA) is 93.4 Å². The van der Waals surface area contributed by atoms with Crippen molar-refractivity contribution in [3.63, 3.8) is 0 Å². The molecular weight excluding hydrogens is 410 g/mol. The Labute approximate surface area is 181 Å². The van der Waals surface area contributed by atoms with Crippen LogP contribution >= 0.6 is 0 Å². The van der Waals surface area contributed by atoms with Crippen molar-refractivity contribution >= 4 is 21.6 Å². The highest BCUT2D eigenvalue weighted by atomic mass is 32.2. The largest absolute Gasteiger partial charge is 0.312 e. The van der Waals surface area contributed by atoms with Gasteiger partial charge >= 0.3 is 0 Å². The van der Waals surface area contributed by atoms with Crippen LogP contribution in [0.2, 0.25) is 0 Å².